The summed E-state index contributed by atoms with van der Waals surface area (Å²) in [4.78, 5) is 10.1. The van der Waals surface area contributed by atoms with Gasteiger partial charge in [0, 0.05) is 24.5 Å². The average molecular weight is 325 g/mol. The Morgan fingerprint density at radius 1 is 1.32 bits per heavy atom. The quantitative estimate of drug-likeness (QED) is 0.889. The molecule has 0 saturated carbocycles. The molecule has 102 valence electrons. The highest BCUT2D eigenvalue weighted by atomic mass is 79.9. The summed E-state index contributed by atoms with van der Waals surface area (Å²) >= 11 is 3.50. The molecule has 0 radical (unpaired) electrons. The van der Waals surface area contributed by atoms with Crippen molar-refractivity contribution in [1.82, 2.24) is 24.6 Å². The summed E-state index contributed by atoms with van der Waals surface area (Å²) < 4.78 is 2.82. The summed E-state index contributed by atoms with van der Waals surface area (Å²) in [5.41, 5.74) is 8.10. The predicted octanol–water partition coefficient (Wildman–Crippen LogP) is 1.05. The zero-order valence-corrected chi connectivity index (χ0v) is 12.6. The van der Waals surface area contributed by atoms with Crippen LogP contribution in [0.4, 0.5) is 0 Å². The molecule has 2 aromatic rings. The molecule has 0 bridgehead atoms. The van der Waals surface area contributed by atoms with E-state index in [1.807, 2.05) is 18.8 Å². The van der Waals surface area contributed by atoms with E-state index in [0.717, 1.165) is 28.8 Å². The van der Waals surface area contributed by atoms with Gasteiger partial charge in [0.25, 0.3) is 0 Å². The third-order valence-corrected chi connectivity index (χ3v) is 3.44. The first-order valence-electron chi connectivity index (χ1n) is 5.96. The Morgan fingerprint density at radius 3 is 2.63 bits per heavy atom. The van der Waals surface area contributed by atoms with Gasteiger partial charge in [0.1, 0.15) is 6.33 Å². The lowest BCUT2D eigenvalue weighted by Crippen LogP contribution is -2.23. The lowest BCUT2D eigenvalue weighted by molar-refractivity contribution is 0.368. The van der Waals surface area contributed by atoms with E-state index < -0.39 is 0 Å². The topological polar surface area (TPSA) is 72.9 Å². The Kier molecular flexibility index (Phi) is 4.62. The molecule has 0 fully saturated rings. The molecule has 0 spiro atoms. The summed E-state index contributed by atoms with van der Waals surface area (Å²) in [6, 6.07) is -0.291. The minimum Gasteiger partial charge on any atom is -0.319 e. The van der Waals surface area contributed by atoms with Crippen molar-refractivity contribution in [3.63, 3.8) is 0 Å². The molecule has 7 heteroatoms. The maximum Gasteiger partial charge on any atom is 0.115 e. The third-order valence-electron chi connectivity index (χ3n) is 2.83. The van der Waals surface area contributed by atoms with Crippen molar-refractivity contribution in [2.45, 2.75) is 12.6 Å². The van der Waals surface area contributed by atoms with Crippen molar-refractivity contribution in [2.75, 3.05) is 20.6 Å². The number of halogens is 1. The van der Waals surface area contributed by atoms with Crippen LogP contribution in [0.1, 0.15) is 17.3 Å². The molecule has 0 aliphatic rings. The van der Waals surface area contributed by atoms with Crippen LogP contribution in [0.25, 0.3) is 0 Å². The van der Waals surface area contributed by atoms with E-state index in [4.69, 9.17) is 5.73 Å². The molecule has 19 heavy (non-hydrogen) atoms. The monoisotopic (exact) mass is 324 g/mol. The fourth-order valence-corrected chi connectivity index (χ4v) is 2.33. The lowest BCUT2D eigenvalue weighted by Gasteiger charge is -2.16. The SMILES string of the molecule is CN(C)CCn1ncc(Br)c1C(N)c1cncnc1. The van der Waals surface area contributed by atoms with Crippen molar-refractivity contribution >= 4 is 15.9 Å². The molecule has 0 saturated heterocycles. The second-order valence-corrected chi connectivity index (χ2v) is 5.41. The van der Waals surface area contributed by atoms with Crippen molar-refractivity contribution in [1.29, 1.82) is 0 Å². The van der Waals surface area contributed by atoms with E-state index in [-0.39, 0.29) is 6.04 Å². The fourth-order valence-electron chi connectivity index (χ4n) is 1.78. The number of likely N-dealkylation sites (N-methyl/N-ethyl adjacent to an activating group) is 1. The van der Waals surface area contributed by atoms with Crippen molar-refractivity contribution in [3.8, 4) is 0 Å². The van der Waals surface area contributed by atoms with Gasteiger partial charge in [-0.15, -0.1) is 0 Å². The molecule has 0 aliphatic heterocycles. The molecule has 2 aromatic heterocycles. The lowest BCUT2D eigenvalue weighted by atomic mass is 10.1. The molecule has 2 rings (SSSR count). The summed E-state index contributed by atoms with van der Waals surface area (Å²) in [6.07, 6.45) is 6.73. The normalized spacial score (nSPS) is 12.9. The van der Waals surface area contributed by atoms with Crippen molar-refractivity contribution in [2.24, 2.45) is 5.73 Å². The smallest absolute Gasteiger partial charge is 0.115 e. The summed E-state index contributed by atoms with van der Waals surface area (Å²) in [5, 5.41) is 4.36. The van der Waals surface area contributed by atoms with Gasteiger partial charge in [0.05, 0.1) is 29.0 Å². The highest BCUT2D eigenvalue weighted by Crippen LogP contribution is 2.25. The van der Waals surface area contributed by atoms with Crippen LogP contribution in [0.5, 0.6) is 0 Å². The zero-order chi connectivity index (χ0) is 13.8. The highest BCUT2D eigenvalue weighted by molar-refractivity contribution is 9.10. The Hall–Kier alpha value is -1.31. The van der Waals surface area contributed by atoms with Crippen LogP contribution in [0.15, 0.2) is 29.4 Å². The summed E-state index contributed by atoms with van der Waals surface area (Å²) in [5.74, 6) is 0. The molecule has 1 atom stereocenters. The van der Waals surface area contributed by atoms with Crippen LogP contribution in [0.2, 0.25) is 0 Å². The predicted molar refractivity (Wildman–Crippen MR) is 76.5 cm³/mol. The Labute approximate surface area is 120 Å². The molecule has 0 amide bonds. The van der Waals surface area contributed by atoms with Crippen LogP contribution in [0, 0.1) is 0 Å². The van der Waals surface area contributed by atoms with Gasteiger partial charge >= 0.3 is 0 Å². The first kappa shape index (κ1) is 14.1. The van der Waals surface area contributed by atoms with Gasteiger partial charge < -0.3 is 10.6 Å². The molecule has 6 nitrogen and oxygen atoms in total. The summed E-state index contributed by atoms with van der Waals surface area (Å²) in [7, 11) is 4.06. The van der Waals surface area contributed by atoms with Crippen LogP contribution < -0.4 is 5.73 Å². The minimum atomic E-state index is -0.291. The fraction of sp³-hybridized carbons (Fsp3) is 0.417. The van der Waals surface area contributed by atoms with Crippen LogP contribution in [-0.4, -0.2) is 45.3 Å². The highest BCUT2D eigenvalue weighted by Gasteiger charge is 2.18. The molecular weight excluding hydrogens is 308 g/mol. The van der Waals surface area contributed by atoms with Gasteiger partial charge in [-0.3, -0.25) is 4.68 Å². The van der Waals surface area contributed by atoms with E-state index >= 15 is 0 Å². The van der Waals surface area contributed by atoms with Gasteiger partial charge in [0.15, 0.2) is 0 Å². The Morgan fingerprint density at radius 2 is 2.00 bits per heavy atom. The Bertz CT molecular complexity index is 524. The zero-order valence-electron chi connectivity index (χ0n) is 11.0. The first-order valence-corrected chi connectivity index (χ1v) is 6.75. The van der Waals surface area contributed by atoms with Crippen LogP contribution in [0.3, 0.4) is 0 Å². The number of hydrogen-bond donors (Lipinski definition) is 1. The van der Waals surface area contributed by atoms with Gasteiger partial charge in [-0.05, 0) is 30.0 Å². The number of hydrogen-bond acceptors (Lipinski definition) is 5. The van der Waals surface area contributed by atoms with Gasteiger partial charge in [-0.25, -0.2) is 9.97 Å². The number of nitrogens with two attached hydrogens (primary N) is 1. The molecule has 2 heterocycles. The van der Waals surface area contributed by atoms with Gasteiger partial charge in [-0.1, -0.05) is 0 Å². The number of aromatic nitrogens is 4. The van der Waals surface area contributed by atoms with E-state index in [1.54, 1.807) is 18.6 Å². The second-order valence-electron chi connectivity index (χ2n) is 4.55. The largest absolute Gasteiger partial charge is 0.319 e. The summed E-state index contributed by atoms with van der Waals surface area (Å²) in [6.45, 7) is 1.69. The Balaban J connectivity index is 2.26. The minimum absolute atomic E-state index is 0.291. The number of nitrogens with zero attached hydrogens (tertiary/aromatic N) is 5. The van der Waals surface area contributed by atoms with E-state index in [1.165, 1.54) is 6.33 Å². The second kappa shape index (κ2) is 6.23. The first-order chi connectivity index (χ1) is 9.09. The van der Waals surface area contributed by atoms with Crippen LogP contribution in [-0.2, 0) is 6.54 Å². The molecular formula is C12H17BrN6. The van der Waals surface area contributed by atoms with E-state index in [2.05, 4.69) is 35.9 Å². The maximum atomic E-state index is 6.28. The van der Waals surface area contributed by atoms with Crippen molar-refractivity contribution in [3.05, 3.63) is 40.6 Å². The molecule has 1 unspecified atom stereocenters. The van der Waals surface area contributed by atoms with Crippen molar-refractivity contribution < 1.29 is 0 Å². The number of rotatable bonds is 5. The van der Waals surface area contributed by atoms with E-state index in [0.29, 0.717) is 0 Å². The maximum absolute atomic E-state index is 6.28. The van der Waals surface area contributed by atoms with Gasteiger partial charge in [-0.2, -0.15) is 5.10 Å². The average Bonchev–Trinajstić information content (AvgIpc) is 2.78. The molecule has 2 N–H and O–H groups in total. The third kappa shape index (κ3) is 3.37. The molecule has 0 aliphatic carbocycles. The van der Waals surface area contributed by atoms with Gasteiger partial charge in [0.2, 0.25) is 0 Å². The van der Waals surface area contributed by atoms with Crippen LogP contribution >= 0.6 is 15.9 Å². The standard InChI is InChI=1S/C12H17BrN6/c1-18(2)3-4-19-12(10(13)7-17-19)11(14)9-5-15-8-16-6-9/h5-8,11H,3-4,14H2,1-2H3. The molecule has 0 aromatic carbocycles. The van der Waals surface area contributed by atoms with E-state index in [9.17, 15) is 0 Å².